The van der Waals surface area contributed by atoms with Crippen molar-refractivity contribution in [2.24, 2.45) is 0 Å². The number of benzene rings is 1. The molecule has 0 aromatic heterocycles. The van der Waals surface area contributed by atoms with Crippen LogP contribution in [0.1, 0.15) is 18.6 Å². The molecule has 0 spiro atoms. The minimum Gasteiger partial charge on any atom is -0.389 e. The molecule has 14 heavy (non-hydrogen) atoms. The van der Waals surface area contributed by atoms with E-state index in [9.17, 15) is 18.9 Å². The lowest BCUT2D eigenvalue weighted by atomic mass is 10.1. The fourth-order valence-corrected chi connectivity index (χ4v) is 1.02. The summed E-state index contributed by atoms with van der Waals surface area (Å²) in [7, 11) is 0. The van der Waals surface area contributed by atoms with Crippen LogP contribution in [0.2, 0.25) is 0 Å². The standard InChI is InChI=1S/C8H7F2NO3/c1-4(12)5-2-3-6(11(13)14)8(10)7(5)9/h2-4,12H,1H3. The van der Waals surface area contributed by atoms with E-state index in [1.165, 1.54) is 6.92 Å². The Morgan fingerprint density at radius 2 is 2.00 bits per heavy atom. The van der Waals surface area contributed by atoms with E-state index in [1.54, 1.807) is 0 Å². The topological polar surface area (TPSA) is 63.4 Å². The summed E-state index contributed by atoms with van der Waals surface area (Å²) in [5, 5.41) is 19.2. The highest BCUT2D eigenvalue weighted by Gasteiger charge is 2.22. The van der Waals surface area contributed by atoms with Crippen LogP contribution in [0, 0.1) is 21.7 Å². The number of rotatable bonds is 2. The van der Waals surface area contributed by atoms with Crippen LogP contribution in [0.4, 0.5) is 14.5 Å². The minimum atomic E-state index is -1.55. The van der Waals surface area contributed by atoms with Crippen molar-refractivity contribution in [1.29, 1.82) is 0 Å². The molecule has 0 saturated carbocycles. The predicted octanol–water partition coefficient (Wildman–Crippen LogP) is 1.93. The van der Waals surface area contributed by atoms with Crippen LogP contribution in [-0.4, -0.2) is 10.0 Å². The molecule has 4 nitrogen and oxygen atoms in total. The molecule has 0 saturated heterocycles. The van der Waals surface area contributed by atoms with E-state index in [4.69, 9.17) is 5.11 Å². The van der Waals surface area contributed by atoms with Crippen LogP contribution in [-0.2, 0) is 0 Å². The maximum atomic E-state index is 13.0. The van der Waals surface area contributed by atoms with Crippen LogP contribution < -0.4 is 0 Å². The maximum absolute atomic E-state index is 13.0. The van der Waals surface area contributed by atoms with Gasteiger partial charge in [0.25, 0.3) is 0 Å². The molecule has 0 bridgehead atoms. The van der Waals surface area contributed by atoms with Gasteiger partial charge in [0, 0.05) is 11.6 Å². The van der Waals surface area contributed by atoms with Gasteiger partial charge >= 0.3 is 5.69 Å². The Hall–Kier alpha value is -1.56. The van der Waals surface area contributed by atoms with Crippen molar-refractivity contribution in [3.63, 3.8) is 0 Å². The molecule has 1 rings (SSSR count). The second kappa shape index (κ2) is 3.67. The minimum absolute atomic E-state index is 0.298. The van der Waals surface area contributed by atoms with Gasteiger partial charge in [-0.25, -0.2) is 4.39 Å². The molecule has 1 unspecified atom stereocenters. The van der Waals surface area contributed by atoms with E-state index < -0.39 is 28.3 Å². The third-order valence-electron chi connectivity index (χ3n) is 1.74. The number of aliphatic hydroxyl groups is 1. The third kappa shape index (κ3) is 1.69. The Bertz CT molecular complexity index is 379. The summed E-state index contributed by atoms with van der Waals surface area (Å²) in [6, 6.07) is 1.81. The van der Waals surface area contributed by atoms with Crippen LogP contribution in [0.5, 0.6) is 0 Å². The van der Waals surface area contributed by atoms with Crippen LogP contribution in [0.15, 0.2) is 12.1 Å². The molecule has 1 aromatic rings. The number of hydrogen-bond acceptors (Lipinski definition) is 3. The van der Waals surface area contributed by atoms with E-state index in [0.29, 0.717) is 0 Å². The molecule has 0 amide bonds. The van der Waals surface area contributed by atoms with Crippen molar-refractivity contribution in [3.8, 4) is 0 Å². The summed E-state index contributed by atoms with van der Waals surface area (Å²) in [4.78, 5) is 9.17. The van der Waals surface area contributed by atoms with Crippen LogP contribution >= 0.6 is 0 Å². The molecule has 6 heteroatoms. The van der Waals surface area contributed by atoms with E-state index in [-0.39, 0.29) is 5.56 Å². The Morgan fingerprint density at radius 3 is 2.43 bits per heavy atom. The summed E-state index contributed by atoms with van der Waals surface area (Å²) in [6.45, 7) is 1.24. The molecule has 0 aliphatic heterocycles. The van der Waals surface area contributed by atoms with E-state index in [2.05, 4.69) is 0 Å². The largest absolute Gasteiger partial charge is 0.389 e. The average molecular weight is 203 g/mol. The molecular weight excluding hydrogens is 196 g/mol. The SMILES string of the molecule is CC(O)c1ccc([N+](=O)[O-])c(F)c1F. The molecule has 0 radical (unpaired) electrons. The molecule has 76 valence electrons. The van der Waals surface area contributed by atoms with Gasteiger partial charge in [-0.2, -0.15) is 4.39 Å². The zero-order chi connectivity index (χ0) is 10.9. The molecule has 0 aliphatic rings. The molecule has 0 fully saturated rings. The summed E-state index contributed by atoms with van der Waals surface area (Å²) < 4.78 is 26.0. The van der Waals surface area contributed by atoms with Gasteiger partial charge in [0.05, 0.1) is 11.0 Å². The van der Waals surface area contributed by atoms with Gasteiger partial charge in [0.2, 0.25) is 5.82 Å². The first-order chi connectivity index (χ1) is 6.45. The number of nitro benzene ring substituents is 1. The van der Waals surface area contributed by atoms with Gasteiger partial charge in [-0.05, 0) is 13.0 Å². The van der Waals surface area contributed by atoms with Gasteiger partial charge in [-0.15, -0.1) is 0 Å². The fraction of sp³-hybridized carbons (Fsp3) is 0.250. The molecule has 0 aliphatic carbocycles. The molecule has 1 aromatic carbocycles. The maximum Gasteiger partial charge on any atom is 0.307 e. The lowest BCUT2D eigenvalue weighted by molar-refractivity contribution is -0.387. The number of aliphatic hydroxyl groups excluding tert-OH is 1. The zero-order valence-corrected chi connectivity index (χ0v) is 7.20. The lowest BCUT2D eigenvalue weighted by Crippen LogP contribution is -2.02. The van der Waals surface area contributed by atoms with Crippen molar-refractivity contribution in [2.45, 2.75) is 13.0 Å². The number of hydrogen-bond donors (Lipinski definition) is 1. The van der Waals surface area contributed by atoms with E-state index in [1.807, 2.05) is 0 Å². The van der Waals surface area contributed by atoms with Crippen molar-refractivity contribution >= 4 is 5.69 Å². The number of halogens is 2. The van der Waals surface area contributed by atoms with Crippen molar-refractivity contribution in [1.82, 2.24) is 0 Å². The van der Waals surface area contributed by atoms with Crippen molar-refractivity contribution in [2.75, 3.05) is 0 Å². The average Bonchev–Trinajstić information content (AvgIpc) is 2.08. The first-order valence-electron chi connectivity index (χ1n) is 3.75. The first-order valence-corrected chi connectivity index (χ1v) is 3.75. The fourth-order valence-electron chi connectivity index (χ4n) is 1.02. The zero-order valence-electron chi connectivity index (χ0n) is 7.20. The predicted molar refractivity (Wildman–Crippen MR) is 43.6 cm³/mol. The van der Waals surface area contributed by atoms with E-state index >= 15 is 0 Å². The molecule has 1 atom stereocenters. The number of nitro groups is 1. The Kier molecular flexibility index (Phi) is 2.76. The number of nitrogens with zero attached hydrogens (tertiary/aromatic N) is 1. The second-order valence-electron chi connectivity index (χ2n) is 2.73. The van der Waals surface area contributed by atoms with Crippen molar-refractivity contribution < 1.29 is 18.8 Å². The summed E-state index contributed by atoms with van der Waals surface area (Å²) in [5.74, 6) is -2.93. The third-order valence-corrected chi connectivity index (χ3v) is 1.74. The highest BCUT2D eigenvalue weighted by atomic mass is 19.2. The monoisotopic (exact) mass is 203 g/mol. The van der Waals surface area contributed by atoms with Gasteiger partial charge in [-0.3, -0.25) is 10.1 Å². The van der Waals surface area contributed by atoms with Gasteiger partial charge in [0.15, 0.2) is 5.82 Å². The molecular formula is C8H7F2NO3. The highest BCUT2D eigenvalue weighted by Crippen LogP contribution is 2.25. The Morgan fingerprint density at radius 1 is 1.43 bits per heavy atom. The molecule has 1 N–H and O–H groups in total. The van der Waals surface area contributed by atoms with Gasteiger partial charge < -0.3 is 5.11 Å². The summed E-state index contributed by atoms with van der Waals surface area (Å²) in [6.07, 6.45) is -1.20. The van der Waals surface area contributed by atoms with Crippen molar-refractivity contribution in [3.05, 3.63) is 39.4 Å². The van der Waals surface area contributed by atoms with Gasteiger partial charge in [0.1, 0.15) is 0 Å². The summed E-state index contributed by atoms with van der Waals surface area (Å²) in [5.41, 5.74) is -1.24. The summed E-state index contributed by atoms with van der Waals surface area (Å²) >= 11 is 0. The quantitative estimate of drug-likeness (QED) is 0.590. The smallest absolute Gasteiger partial charge is 0.307 e. The highest BCUT2D eigenvalue weighted by molar-refractivity contribution is 5.37. The lowest BCUT2D eigenvalue weighted by Gasteiger charge is -2.06. The van der Waals surface area contributed by atoms with Gasteiger partial charge in [-0.1, -0.05) is 0 Å². The normalized spacial score (nSPS) is 12.6. The first kappa shape index (κ1) is 10.5. The Balaban J connectivity index is 3.33. The van der Waals surface area contributed by atoms with Crippen LogP contribution in [0.3, 0.4) is 0 Å². The second-order valence-corrected chi connectivity index (χ2v) is 2.73. The Labute approximate surface area is 77.9 Å². The van der Waals surface area contributed by atoms with Crippen LogP contribution in [0.25, 0.3) is 0 Å². The molecule has 0 heterocycles. The van der Waals surface area contributed by atoms with E-state index in [0.717, 1.165) is 12.1 Å².